The third-order valence-electron chi connectivity index (χ3n) is 4.54. The molecule has 1 aromatic heterocycles. The molecule has 1 atom stereocenters. The van der Waals surface area contributed by atoms with Gasteiger partial charge in [0.2, 0.25) is 0 Å². The summed E-state index contributed by atoms with van der Waals surface area (Å²) in [5.74, 6) is 2.61. The minimum atomic E-state index is -0.168. The number of halogens is 1. The van der Waals surface area contributed by atoms with Gasteiger partial charge >= 0.3 is 0 Å². The summed E-state index contributed by atoms with van der Waals surface area (Å²) in [6.07, 6.45) is -0.168. The first-order valence-corrected chi connectivity index (χ1v) is 10.8. The summed E-state index contributed by atoms with van der Waals surface area (Å²) in [6, 6.07) is 14.5. The Morgan fingerprint density at radius 3 is 2.67 bits per heavy atom. The molecule has 2 aromatic carbocycles. The number of thioether (sulfide) groups is 1. The Morgan fingerprint density at radius 2 is 1.93 bits per heavy atom. The van der Waals surface area contributed by atoms with Crippen LogP contribution in [0.5, 0.6) is 5.75 Å². The van der Waals surface area contributed by atoms with E-state index >= 15 is 0 Å². The molecule has 0 bridgehead atoms. The first-order valence-electron chi connectivity index (χ1n) is 9.02. The molecular formula is C21H24BrN3OS. The van der Waals surface area contributed by atoms with E-state index in [2.05, 4.69) is 75.7 Å². The van der Waals surface area contributed by atoms with Crippen LogP contribution in [0.4, 0.5) is 0 Å². The van der Waals surface area contributed by atoms with Crippen LogP contribution in [0.1, 0.15) is 42.5 Å². The molecule has 0 fully saturated rings. The molecule has 0 spiro atoms. The van der Waals surface area contributed by atoms with E-state index in [4.69, 9.17) is 4.74 Å². The zero-order valence-electron chi connectivity index (χ0n) is 16.1. The lowest BCUT2D eigenvalue weighted by Gasteiger charge is -2.17. The van der Waals surface area contributed by atoms with Gasteiger partial charge in [-0.05, 0) is 62.6 Å². The van der Waals surface area contributed by atoms with Crippen molar-refractivity contribution in [1.29, 1.82) is 0 Å². The van der Waals surface area contributed by atoms with E-state index in [9.17, 15) is 0 Å². The number of hydrogen-bond donors (Lipinski definition) is 0. The lowest BCUT2D eigenvalue weighted by molar-refractivity contribution is 0.208. The average molecular weight is 446 g/mol. The molecule has 0 amide bonds. The quantitative estimate of drug-likeness (QED) is 0.411. The molecular weight excluding hydrogens is 422 g/mol. The standard InChI is InChI=1S/C21H24BrN3OS/c1-5-25-20(16(4)26-19-11-6-8-14(2)15(19)3)23-24-21(25)27-13-17-9-7-10-18(22)12-17/h6-12,16H,5,13H2,1-4H3. The van der Waals surface area contributed by atoms with Gasteiger partial charge in [-0.15, -0.1) is 10.2 Å². The Kier molecular flexibility index (Phi) is 6.60. The highest BCUT2D eigenvalue weighted by Gasteiger charge is 2.19. The Hall–Kier alpha value is -1.79. The van der Waals surface area contributed by atoms with Gasteiger partial charge in [0.25, 0.3) is 0 Å². The summed E-state index contributed by atoms with van der Waals surface area (Å²) in [5.41, 5.74) is 3.64. The van der Waals surface area contributed by atoms with Gasteiger partial charge in [-0.25, -0.2) is 0 Å². The predicted octanol–water partition coefficient (Wildman–Crippen LogP) is 6.11. The van der Waals surface area contributed by atoms with E-state index < -0.39 is 0 Å². The average Bonchev–Trinajstić information content (AvgIpc) is 3.07. The van der Waals surface area contributed by atoms with Crippen LogP contribution in [0.2, 0.25) is 0 Å². The fourth-order valence-electron chi connectivity index (χ4n) is 2.87. The molecule has 0 aliphatic rings. The molecule has 4 nitrogen and oxygen atoms in total. The third-order valence-corrected chi connectivity index (χ3v) is 6.07. The topological polar surface area (TPSA) is 39.9 Å². The second kappa shape index (κ2) is 8.93. The van der Waals surface area contributed by atoms with Gasteiger partial charge in [0.05, 0.1) is 0 Å². The highest BCUT2D eigenvalue weighted by atomic mass is 79.9. The van der Waals surface area contributed by atoms with Crippen LogP contribution in [-0.2, 0) is 12.3 Å². The minimum absolute atomic E-state index is 0.168. The van der Waals surface area contributed by atoms with Crippen LogP contribution in [0.25, 0.3) is 0 Å². The SMILES string of the molecule is CCn1c(SCc2cccc(Br)c2)nnc1C(C)Oc1cccc(C)c1C. The van der Waals surface area contributed by atoms with Gasteiger partial charge in [-0.3, -0.25) is 0 Å². The molecule has 3 rings (SSSR count). The number of aromatic nitrogens is 3. The lowest BCUT2D eigenvalue weighted by Crippen LogP contribution is -2.12. The number of rotatable bonds is 7. The van der Waals surface area contributed by atoms with Gasteiger partial charge in [-0.2, -0.15) is 0 Å². The summed E-state index contributed by atoms with van der Waals surface area (Å²) in [7, 11) is 0. The maximum Gasteiger partial charge on any atom is 0.191 e. The minimum Gasteiger partial charge on any atom is -0.482 e. The van der Waals surface area contributed by atoms with E-state index in [0.29, 0.717) is 0 Å². The molecule has 27 heavy (non-hydrogen) atoms. The van der Waals surface area contributed by atoms with Crippen LogP contribution in [-0.4, -0.2) is 14.8 Å². The summed E-state index contributed by atoms with van der Waals surface area (Å²) >= 11 is 5.22. The lowest BCUT2D eigenvalue weighted by atomic mass is 10.1. The monoisotopic (exact) mass is 445 g/mol. The highest BCUT2D eigenvalue weighted by molar-refractivity contribution is 9.10. The summed E-state index contributed by atoms with van der Waals surface area (Å²) < 4.78 is 9.44. The second-order valence-corrected chi connectivity index (χ2v) is 8.32. The molecule has 0 radical (unpaired) electrons. The number of hydrogen-bond acceptors (Lipinski definition) is 4. The van der Waals surface area contributed by atoms with Crippen molar-refractivity contribution in [1.82, 2.24) is 14.8 Å². The maximum absolute atomic E-state index is 6.21. The van der Waals surface area contributed by atoms with Crippen molar-refractivity contribution >= 4 is 27.7 Å². The normalized spacial score (nSPS) is 12.2. The smallest absolute Gasteiger partial charge is 0.191 e. The third kappa shape index (κ3) is 4.74. The van der Waals surface area contributed by atoms with Crippen LogP contribution < -0.4 is 4.74 Å². The fraction of sp³-hybridized carbons (Fsp3) is 0.333. The summed E-state index contributed by atoms with van der Waals surface area (Å²) in [5, 5.41) is 9.75. The largest absolute Gasteiger partial charge is 0.482 e. The molecule has 0 saturated carbocycles. The molecule has 0 aliphatic heterocycles. The first-order chi connectivity index (χ1) is 13.0. The number of aryl methyl sites for hydroxylation is 1. The highest BCUT2D eigenvalue weighted by Crippen LogP contribution is 2.29. The molecule has 3 aromatic rings. The van der Waals surface area contributed by atoms with E-state index in [-0.39, 0.29) is 6.10 Å². The van der Waals surface area contributed by atoms with E-state index in [1.54, 1.807) is 11.8 Å². The van der Waals surface area contributed by atoms with Gasteiger partial charge < -0.3 is 9.30 Å². The van der Waals surface area contributed by atoms with Gasteiger partial charge in [0.1, 0.15) is 5.75 Å². The van der Waals surface area contributed by atoms with Gasteiger partial charge in [0.15, 0.2) is 17.1 Å². The van der Waals surface area contributed by atoms with E-state index in [1.807, 2.05) is 25.1 Å². The Balaban J connectivity index is 1.75. The van der Waals surface area contributed by atoms with E-state index in [1.165, 1.54) is 11.1 Å². The first kappa shape index (κ1) is 20.0. The Labute approximate surface area is 173 Å². The zero-order valence-corrected chi connectivity index (χ0v) is 18.5. The van der Waals surface area contributed by atoms with Crippen molar-refractivity contribution in [2.45, 2.75) is 51.3 Å². The van der Waals surface area contributed by atoms with E-state index in [0.717, 1.165) is 39.1 Å². The summed E-state index contributed by atoms with van der Waals surface area (Å²) in [6.45, 7) is 9.13. The Bertz CT molecular complexity index is 926. The van der Waals surface area contributed by atoms with Gasteiger partial charge in [0, 0.05) is 16.8 Å². The molecule has 6 heteroatoms. The van der Waals surface area contributed by atoms with Crippen LogP contribution >= 0.6 is 27.7 Å². The second-order valence-electron chi connectivity index (χ2n) is 6.46. The molecule has 1 unspecified atom stereocenters. The number of nitrogens with zero attached hydrogens (tertiary/aromatic N) is 3. The molecule has 142 valence electrons. The zero-order chi connectivity index (χ0) is 19.4. The van der Waals surface area contributed by atoms with Crippen LogP contribution in [0.15, 0.2) is 52.1 Å². The molecule has 0 saturated heterocycles. The molecule has 0 aliphatic carbocycles. The van der Waals surface area contributed by atoms with Crippen molar-refractivity contribution in [3.63, 3.8) is 0 Å². The molecule has 0 N–H and O–H groups in total. The summed E-state index contributed by atoms with van der Waals surface area (Å²) in [4.78, 5) is 0. The van der Waals surface area contributed by atoms with Gasteiger partial charge in [-0.1, -0.05) is 52.0 Å². The van der Waals surface area contributed by atoms with Crippen molar-refractivity contribution in [2.75, 3.05) is 0 Å². The number of benzene rings is 2. The van der Waals surface area contributed by atoms with Crippen molar-refractivity contribution in [2.24, 2.45) is 0 Å². The van der Waals surface area contributed by atoms with Crippen LogP contribution in [0.3, 0.4) is 0 Å². The fourth-order valence-corrected chi connectivity index (χ4v) is 4.27. The number of ether oxygens (including phenoxy) is 1. The predicted molar refractivity (Wildman–Crippen MR) is 114 cm³/mol. The molecule has 1 heterocycles. The van der Waals surface area contributed by atoms with Crippen molar-refractivity contribution in [3.8, 4) is 5.75 Å². The van der Waals surface area contributed by atoms with Crippen LogP contribution in [0, 0.1) is 13.8 Å². The maximum atomic E-state index is 6.21. The van der Waals surface area contributed by atoms with Crippen molar-refractivity contribution < 1.29 is 4.74 Å². The van der Waals surface area contributed by atoms with Crippen molar-refractivity contribution in [3.05, 3.63) is 69.5 Å². The Morgan fingerprint density at radius 1 is 1.15 bits per heavy atom.